The van der Waals surface area contributed by atoms with Crippen molar-refractivity contribution in [3.63, 3.8) is 0 Å². The van der Waals surface area contributed by atoms with Crippen LogP contribution in [0.4, 0.5) is 4.79 Å². The zero-order valence-corrected chi connectivity index (χ0v) is 12.1. The molecule has 0 radical (unpaired) electrons. The van der Waals surface area contributed by atoms with E-state index >= 15 is 0 Å². The van der Waals surface area contributed by atoms with E-state index in [1.807, 2.05) is 6.92 Å². The number of carbonyl (C=O) groups is 1. The molecule has 1 fully saturated rings. The average Bonchev–Trinajstić information content (AvgIpc) is 2.32. The Morgan fingerprint density at radius 2 is 2.00 bits per heavy atom. The first-order valence-corrected chi connectivity index (χ1v) is 7.14. The van der Waals surface area contributed by atoms with Crippen molar-refractivity contribution < 1.29 is 9.90 Å². The summed E-state index contributed by atoms with van der Waals surface area (Å²) in [7, 11) is 0. The molecule has 0 heterocycles. The van der Waals surface area contributed by atoms with Gasteiger partial charge in [0.1, 0.15) is 0 Å². The first-order chi connectivity index (χ1) is 8.42. The second-order valence-corrected chi connectivity index (χ2v) is 5.98. The molecule has 0 aromatic heterocycles. The molecular formula is C14H28N2O2. The summed E-state index contributed by atoms with van der Waals surface area (Å²) in [6.07, 6.45) is 3.54. The molecule has 4 nitrogen and oxygen atoms in total. The molecule has 1 aliphatic carbocycles. The van der Waals surface area contributed by atoms with Crippen LogP contribution in [0.15, 0.2) is 0 Å². The number of aliphatic hydroxyl groups is 1. The Morgan fingerprint density at radius 3 is 2.56 bits per heavy atom. The molecule has 3 N–H and O–H groups in total. The highest BCUT2D eigenvalue weighted by Gasteiger charge is 2.40. The monoisotopic (exact) mass is 256 g/mol. The van der Waals surface area contributed by atoms with Crippen molar-refractivity contribution >= 4 is 6.03 Å². The molecule has 1 aliphatic rings. The standard InChI is InChI=1S/C14H28N2O2/c1-5-14(3,4)10-8-7-9-11(17)12(10)16-13(18)15-6-2/h10-12,17H,5-9H2,1-4H3,(H2,15,16,18)/t10-,11+,12-/m1/s1. The van der Waals surface area contributed by atoms with Crippen molar-refractivity contribution in [3.8, 4) is 0 Å². The quantitative estimate of drug-likeness (QED) is 0.722. The SMILES string of the molecule is CCNC(=O)N[C@@H]1[C@H](C(C)(C)CC)CCC[C@@H]1O. The van der Waals surface area contributed by atoms with E-state index in [4.69, 9.17) is 0 Å². The van der Waals surface area contributed by atoms with Gasteiger partial charge in [-0.15, -0.1) is 0 Å². The molecule has 0 bridgehead atoms. The lowest BCUT2D eigenvalue weighted by Crippen LogP contribution is -2.56. The van der Waals surface area contributed by atoms with E-state index < -0.39 is 6.10 Å². The molecule has 0 aromatic carbocycles. The third-order valence-corrected chi connectivity index (χ3v) is 4.41. The van der Waals surface area contributed by atoms with E-state index in [-0.39, 0.29) is 17.5 Å². The van der Waals surface area contributed by atoms with Gasteiger partial charge in [0, 0.05) is 6.54 Å². The molecule has 0 aromatic rings. The lowest BCUT2D eigenvalue weighted by atomic mass is 9.66. The Hall–Kier alpha value is -0.770. The topological polar surface area (TPSA) is 61.4 Å². The van der Waals surface area contributed by atoms with Gasteiger partial charge in [-0.25, -0.2) is 4.79 Å². The van der Waals surface area contributed by atoms with Gasteiger partial charge < -0.3 is 15.7 Å². The lowest BCUT2D eigenvalue weighted by Gasteiger charge is -2.44. The summed E-state index contributed by atoms with van der Waals surface area (Å²) in [6.45, 7) is 9.12. The van der Waals surface area contributed by atoms with Crippen LogP contribution >= 0.6 is 0 Å². The van der Waals surface area contributed by atoms with Crippen LogP contribution in [0, 0.1) is 11.3 Å². The Balaban J connectivity index is 2.76. The molecule has 1 saturated carbocycles. The first-order valence-electron chi connectivity index (χ1n) is 7.14. The number of urea groups is 1. The molecule has 0 unspecified atom stereocenters. The molecule has 0 spiro atoms. The van der Waals surface area contributed by atoms with Crippen LogP contribution in [0.3, 0.4) is 0 Å². The van der Waals surface area contributed by atoms with Crippen LogP contribution in [0.1, 0.15) is 53.4 Å². The number of nitrogens with one attached hydrogen (secondary N) is 2. The smallest absolute Gasteiger partial charge is 0.315 e. The van der Waals surface area contributed by atoms with Gasteiger partial charge in [0.2, 0.25) is 0 Å². The van der Waals surface area contributed by atoms with Gasteiger partial charge in [0.05, 0.1) is 12.1 Å². The summed E-state index contributed by atoms with van der Waals surface area (Å²) in [5.41, 5.74) is 0.144. The van der Waals surface area contributed by atoms with Crippen molar-refractivity contribution in [1.29, 1.82) is 0 Å². The molecule has 4 heteroatoms. The van der Waals surface area contributed by atoms with E-state index in [0.717, 1.165) is 25.7 Å². The van der Waals surface area contributed by atoms with Crippen LogP contribution in [0.25, 0.3) is 0 Å². The van der Waals surface area contributed by atoms with Gasteiger partial charge >= 0.3 is 6.03 Å². The van der Waals surface area contributed by atoms with Crippen molar-refractivity contribution in [3.05, 3.63) is 0 Å². The van der Waals surface area contributed by atoms with Crippen LogP contribution in [-0.2, 0) is 0 Å². The summed E-state index contributed by atoms with van der Waals surface area (Å²) < 4.78 is 0. The second kappa shape index (κ2) is 6.41. The Bertz CT molecular complexity index is 279. The molecule has 0 aliphatic heterocycles. The summed E-state index contributed by atoms with van der Waals surface area (Å²) in [4.78, 5) is 11.7. The van der Waals surface area contributed by atoms with Gasteiger partial charge in [0.15, 0.2) is 0 Å². The molecule has 106 valence electrons. The van der Waals surface area contributed by atoms with Crippen LogP contribution in [0.5, 0.6) is 0 Å². The summed E-state index contributed by atoms with van der Waals surface area (Å²) in [6, 6.07) is -0.291. The maximum Gasteiger partial charge on any atom is 0.315 e. The lowest BCUT2D eigenvalue weighted by molar-refractivity contribution is 0.0139. The number of carbonyl (C=O) groups excluding carboxylic acids is 1. The van der Waals surface area contributed by atoms with E-state index in [9.17, 15) is 9.90 Å². The number of hydrogen-bond donors (Lipinski definition) is 3. The van der Waals surface area contributed by atoms with Crippen molar-refractivity contribution in [1.82, 2.24) is 10.6 Å². The Kier molecular flexibility index (Phi) is 5.45. The van der Waals surface area contributed by atoms with Crippen molar-refractivity contribution in [2.75, 3.05) is 6.54 Å². The van der Waals surface area contributed by atoms with Crippen LogP contribution in [-0.4, -0.2) is 29.8 Å². The minimum absolute atomic E-state index is 0.125. The third kappa shape index (κ3) is 3.61. The third-order valence-electron chi connectivity index (χ3n) is 4.41. The highest BCUT2D eigenvalue weighted by Crippen LogP contribution is 2.40. The fraction of sp³-hybridized carbons (Fsp3) is 0.929. The zero-order chi connectivity index (χ0) is 13.8. The normalized spacial score (nSPS) is 28.8. The van der Waals surface area contributed by atoms with E-state index in [1.54, 1.807) is 0 Å². The molecular weight excluding hydrogens is 228 g/mol. The molecule has 3 atom stereocenters. The molecule has 0 saturated heterocycles. The van der Waals surface area contributed by atoms with Gasteiger partial charge in [-0.1, -0.05) is 33.6 Å². The van der Waals surface area contributed by atoms with Crippen LogP contribution in [0.2, 0.25) is 0 Å². The summed E-state index contributed by atoms with van der Waals surface area (Å²) >= 11 is 0. The molecule has 1 rings (SSSR count). The fourth-order valence-electron chi connectivity index (χ4n) is 2.87. The van der Waals surface area contributed by atoms with Gasteiger partial charge in [-0.2, -0.15) is 0 Å². The summed E-state index contributed by atoms with van der Waals surface area (Å²) in [5, 5.41) is 15.9. The summed E-state index contributed by atoms with van der Waals surface area (Å²) in [5.74, 6) is 0.342. The second-order valence-electron chi connectivity index (χ2n) is 5.98. The number of aliphatic hydroxyl groups excluding tert-OH is 1. The van der Waals surface area contributed by atoms with Crippen molar-refractivity contribution in [2.45, 2.75) is 65.5 Å². The molecule has 2 amide bonds. The number of amides is 2. The Labute approximate surface area is 111 Å². The maximum atomic E-state index is 11.7. The van der Waals surface area contributed by atoms with Crippen molar-refractivity contribution in [2.24, 2.45) is 11.3 Å². The largest absolute Gasteiger partial charge is 0.391 e. The Morgan fingerprint density at radius 1 is 1.33 bits per heavy atom. The number of rotatable bonds is 4. The zero-order valence-electron chi connectivity index (χ0n) is 12.1. The van der Waals surface area contributed by atoms with E-state index in [0.29, 0.717) is 12.5 Å². The fourth-order valence-corrected chi connectivity index (χ4v) is 2.87. The van der Waals surface area contributed by atoms with Gasteiger partial charge in [0.25, 0.3) is 0 Å². The average molecular weight is 256 g/mol. The van der Waals surface area contributed by atoms with Gasteiger partial charge in [-0.3, -0.25) is 0 Å². The molecule has 18 heavy (non-hydrogen) atoms. The highest BCUT2D eigenvalue weighted by atomic mass is 16.3. The van der Waals surface area contributed by atoms with Gasteiger partial charge in [-0.05, 0) is 31.1 Å². The minimum Gasteiger partial charge on any atom is -0.391 e. The maximum absolute atomic E-state index is 11.7. The van der Waals surface area contributed by atoms with E-state index in [1.165, 1.54) is 0 Å². The highest BCUT2D eigenvalue weighted by molar-refractivity contribution is 5.74. The predicted octanol–water partition coefficient (Wildman–Crippen LogP) is 2.27. The minimum atomic E-state index is -0.419. The van der Waals surface area contributed by atoms with Crippen LogP contribution < -0.4 is 10.6 Å². The first kappa shape index (κ1) is 15.3. The number of hydrogen-bond acceptors (Lipinski definition) is 2. The van der Waals surface area contributed by atoms with E-state index in [2.05, 4.69) is 31.4 Å². The predicted molar refractivity (Wildman–Crippen MR) is 73.4 cm³/mol.